The first-order valence-electron chi connectivity index (χ1n) is 7.03. The third-order valence-electron chi connectivity index (χ3n) is 3.75. The van der Waals surface area contributed by atoms with Crippen LogP contribution in [0.15, 0.2) is 24.4 Å². The van der Waals surface area contributed by atoms with Crippen molar-refractivity contribution in [2.45, 2.75) is 19.3 Å². The standard InChI is InChI=1S/C14H21N5.2ClH/c15-13-12-6-2-5-10-19(12)17-14(13)16-7-11-18-8-3-1-4-9-18;;/h2,5-6,10H,1,3-4,7-9,11,15H2,(H,16,17);2*1H. The van der Waals surface area contributed by atoms with E-state index < -0.39 is 0 Å². The average molecular weight is 332 g/mol. The smallest absolute Gasteiger partial charge is 0.172 e. The van der Waals surface area contributed by atoms with Crippen LogP contribution in [0.4, 0.5) is 11.5 Å². The Hall–Kier alpha value is -1.17. The zero-order valence-corrected chi connectivity index (χ0v) is 13.6. The first kappa shape index (κ1) is 17.9. The summed E-state index contributed by atoms with van der Waals surface area (Å²) < 4.78 is 1.82. The van der Waals surface area contributed by atoms with E-state index in [0.717, 1.165) is 30.1 Å². The lowest BCUT2D eigenvalue weighted by Crippen LogP contribution is -2.33. The molecule has 1 aliphatic rings. The Bertz CT molecular complexity index is 551. The molecule has 2 aromatic heterocycles. The molecule has 0 radical (unpaired) electrons. The van der Waals surface area contributed by atoms with Gasteiger partial charge in [-0.25, -0.2) is 4.52 Å². The van der Waals surface area contributed by atoms with Gasteiger partial charge in [0, 0.05) is 19.3 Å². The van der Waals surface area contributed by atoms with Gasteiger partial charge in [0.05, 0.1) is 5.52 Å². The van der Waals surface area contributed by atoms with E-state index in [2.05, 4.69) is 15.3 Å². The fourth-order valence-electron chi connectivity index (χ4n) is 2.66. The third kappa shape index (κ3) is 4.15. The van der Waals surface area contributed by atoms with Gasteiger partial charge in [-0.2, -0.15) is 0 Å². The number of nitrogens with one attached hydrogen (secondary N) is 1. The summed E-state index contributed by atoms with van der Waals surface area (Å²) in [6.45, 7) is 4.41. The summed E-state index contributed by atoms with van der Waals surface area (Å²) in [5, 5.41) is 7.81. The van der Waals surface area contributed by atoms with Crippen LogP contribution in [-0.4, -0.2) is 40.7 Å². The van der Waals surface area contributed by atoms with Crippen molar-refractivity contribution in [2.75, 3.05) is 37.2 Å². The number of piperidine rings is 1. The highest BCUT2D eigenvalue weighted by atomic mass is 35.5. The van der Waals surface area contributed by atoms with E-state index in [4.69, 9.17) is 5.73 Å². The topological polar surface area (TPSA) is 58.6 Å². The minimum atomic E-state index is 0. The van der Waals surface area contributed by atoms with Crippen molar-refractivity contribution in [3.63, 3.8) is 0 Å². The van der Waals surface area contributed by atoms with E-state index in [1.807, 2.05) is 28.9 Å². The number of hydrogen-bond acceptors (Lipinski definition) is 4. The lowest BCUT2D eigenvalue weighted by atomic mass is 10.1. The number of anilines is 2. The van der Waals surface area contributed by atoms with Crippen molar-refractivity contribution < 1.29 is 0 Å². The summed E-state index contributed by atoms with van der Waals surface area (Å²) in [4.78, 5) is 2.50. The first-order chi connectivity index (χ1) is 9.34. The molecule has 0 aromatic carbocycles. The monoisotopic (exact) mass is 331 g/mol. The van der Waals surface area contributed by atoms with Gasteiger partial charge in [-0.05, 0) is 38.1 Å². The van der Waals surface area contributed by atoms with E-state index in [9.17, 15) is 0 Å². The van der Waals surface area contributed by atoms with Gasteiger partial charge in [0.25, 0.3) is 0 Å². The van der Waals surface area contributed by atoms with Crippen LogP contribution in [0.5, 0.6) is 0 Å². The van der Waals surface area contributed by atoms with Crippen LogP contribution in [0.3, 0.4) is 0 Å². The molecule has 2 aromatic rings. The van der Waals surface area contributed by atoms with Crippen molar-refractivity contribution in [1.82, 2.24) is 14.5 Å². The first-order valence-corrected chi connectivity index (χ1v) is 7.03. The lowest BCUT2D eigenvalue weighted by molar-refractivity contribution is 0.237. The third-order valence-corrected chi connectivity index (χ3v) is 3.75. The lowest BCUT2D eigenvalue weighted by Gasteiger charge is -2.26. The predicted octanol–water partition coefficient (Wildman–Crippen LogP) is 2.66. The maximum Gasteiger partial charge on any atom is 0.172 e. The molecule has 0 spiro atoms. The SMILES string of the molecule is Cl.Cl.Nc1c(NCCN2CCCCC2)nn2ccccc12. The Labute approximate surface area is 137 Å². The quantitative estimate of drug-likeness (QED) is 0.904. The highest BCUT2D eigenvalue weighted by Crippen LogP contribution is 2.22. The van der Waals surface area contributed by atoms with Crippen LogP contribution < -0.4 is 11.1 Å². The molecule has 0 atom stereocenters. The van der Waals surface area contributed by atoms with Gasteiger partial charge in [0.1, 0.15) is 5.69 Å². The molecule has 0 aliphatic carbocycles. The van der Waals surface area contributed by atoms with Crippen molar-refractivity contribution in [3.05, 3.63) is 24.4 Å². The molecule has 1 fully saturated rings. The number of halogens is 2. The van der Waals surface area contributed by atoms with E-state index in [0.29, 0.717) is 0 Å². The average Bonchev–Trinajstić information content (AvgIpc) is 2.78. The Balaban J connectivity index is 0.00000110. The van der Waals surface area contributed by atoms with E-state index in [1.54, 1.807) is 0 Å². The van der Waals surface area contributed by atoms with Gasteiger partial charge in [-0.1, -0.05) is 12.5 Å². The highest BCUT2D eigenvalue weighted by Gasteiger charge is 2.11. The van der Waals surface area contributed by atoms with Crippen molar-refractivity contribution in [1.29, 1.82) is 0 Å². The van der Waals surface area contributed by atoms with Crippen molar-refractivity contribution >= 4 is 41.8 Å². The number of fused-ring (bicyclic) bond motifs is 1. The van der Waals surface area contributed by atoms with Gasteiger partial charge < -0.3 is 16.0 Å². The number of nitrogens with zero attached hydrogens (tertiary/aromatic N) is 3. The molecular formula is C14H23Cl2N5. The molecule has 3 heterocycles. The number of rotatable bonds is 4. The van der Waals surface area contributed by atoms with Gasteiger partial charge >= 0.3 is 0 Å². The van der Waals surface area contributed by atoms with E-state index in [1.165, 1.54) is 32.4 Å². The van der Waals surface area contributed by atoms with Gasteiger partial charge in [0.15, 0.2) is 5.82 Å². The Morgan fingerprint density at radius 2 is 1.90 bits per heavy atom. The number of nitrogens with two attached hydrogens (primary N) is 1. The van der Waals surface area contributed by atoms with Crippen molar-refractivity contribution in [3.8, 4) is 0 Å². The largest absolute Gasteiger partial charge is 0.394 e. The molecule has 5 nitrogen and oxygen atoms in total. The van der Waals surface area contributed by atoms with Crippen LogP contribution in [0.2, 0.25) is 0 Å². The minimum absolute atomic E-state index is 0. The van der Waals surface area contributed by atoms with Crippen LogP contribution >= 0.6 is 24.8 Å². The van der Waals surface area contributed by atoms with Crippen LogP contribution in [-0.2, 0) is 0 Å². The molecule has 0 amide bonds. The Morgan fingerprint density at radius 1 is 1.14 bits per heavy atom. The number of hydrogen-bond donors (Lipinski definition) is 2. The Morgan fingerprint density at radius 3 is 2.62 bits per heavy atom. The zero-order valence-electron chi connectivity index (χ0n) is 12.0. The molecule has 3 rings (SSSR count). The molecule has 21 heavy (non-hydrogen) atoms. The van der Waals surface area contributed by atoms with E-state index in [-0.39, 0.29) is 24.8 Å². The van der Waals surface area contributed by atoms with Gasteiger partial charge in [-0.3, -0.25) is 0 Å². The summed E-state index contributed by atoms with van der Waals surface area (Å²) in [6.07, 6.45) is 5.96. The van der Waals surface area contributed by atoms with Crippen molar-refractivity contribution in [2.24, 2.45) is 0 Å². The fourth-order valence-corrected chi connectivity index (χ4v) is 2.66. The van der Waals surface area contributed by atoms with Gasteiger partial charge in [-0.15, -0.1) is 29.9 Å². The molecular weight excluding hydrogens is 309 g/mol. The molecule has 118 valence electrons. The highest BCUT2D eigenvalue weighted by molar-refractivity contribution is 5.85. The summed E-state index contributed by atoms with van der Waals surface area (Å²) in [7, 11) is 0. The molecule has 3 N–H and O–H groups in total. The molecule has 0 unspecified atom stereocenters. The predicted molar refractivity (Wildman–Crippen MR) is 92.9 cm³/mol. The maximum atomic E-state index is 6.10. The summed E-state index contributed by atoms with van der Waals surface area (Å²) in [5.74, 6) is 0.795. The number of likely N-dealkylation sites (tertiary alicyclic amines) is 1. The van der Waals surface area contributed by atoms with Crippen LogP contribution in [0, 0.1) is 0 Å². The summed E-state index contributed by atoms with van der Waals surface area (Å²) in [6, 6.07) is 5.92. The summed E-state index contributed by atoms with van der Waals surface area (Å²) in [5.41, 5.74) is 7.80. The molecule has 1 aliphatic heterocycles. The second kappa shape index (κ2) is 8.32. The van der Waals surface area contributed by atoms with Gasteiger partial charge in [0.2, 0.25) is 0 Å². The minimum Gasteiger partial charge on any atom is -0.394 e. The second-order valence-electron chi connectivity index (χ2n) is 5.12. The van der Waals surface area contributed by atoms with Crippen LogP contribution in [0.25, 0.3) is 5.52 Å². The van der Waals surface area contributed by atoms with E-state index >= 15 is 0 Å². The molecule has 0 bridgehead atoms. The fraction of sp³-hybridized carbons (Fsp3) is 0.500. The normalized spacial score (nSPS) is 15.2. The Kier molecular flexibility index (Phi) is 7.08. The number of aromatic nitrogens is 2. The number of pyridine rings is 1. The zero-order chi connectivity index (χ0) is 13.1. The molecule has 7 heteroatoms. The molecule has 1 saturated heterocycles. The number of nitrogen functional groups attached to an aromatic ring is 1. The summed E-state index contributed by atoms with van der Waals surface area (Å²) >= 11 is 0. The maximum absolute atomic E-state index is 6.10. The molecule has 0 saturated carbocycles. The van der Waals surface area contributed by atoms with Crippen LogP contribution in [0.1, 0.15) is 19.3 Å². The second-order valence-corrected chi connectivity index (χ2v) is 5.12.